The van der Waals surface area contributed by atoms with Gasteiger partial charge < -0.3 is 10.1 Å². The highest BCUT2D eigenvalue weighted by Gasteiger charge is 2.34. The van der Waals surface area contributed by atoms with Crippen LogP contribution in [0.25, 0.3) is 11.0 Å². The summed E-state index contributed by atoms with van der Waals surface area (Å²) in [5.74, 6) is -0.559. The lowest BCUT2D eigenvalue weighted by atomic mass is 10.0. The van der Waals surface area contributed by atoms with E-state index in [1.807, 2.05) is 86.6 Å². The molecule has 0 bridgehead atoms. The van der Waals surface area contributed by atoms with Gasteiger partial charge in [0.05, 0.1) is 12.1 Å². The molecule has 4 aromatic rings. The van der Waals surface area contributed by atoms with Crippen molar-refractivity contribution < 1.29 is 14.3 Å². The van der Waals surface area contributed by atoms with Crippen molar-refractivity contribution in [1.82, 2.24) is 20.3 Å². The molecule has 0 unspecified atom stereocenters. The van der Waals surface area contributed by atoms with Gasteiger partial charge in [0.1, 0.15) is 18.1 Å². The van der Waals surface area contributed by atoms with Crippen LogP contribution in [0, 0.1) is 13.8 Å². The molecule has 0 aliphatic carbocycles. The van der Waals surface area contributed by atoms with Crippen molar-refractivity contribution in [3.63, 3.8) is 0 Å². The predicted octanol–water partition coefficient (Wildman–Crippen LogP) is 3.59. The van der Waals surface area contributed by atoms with Gasteiger partial charge in [-0.2, -0.15) is 0 Å². The molecule has 180 valence electrons. The van der Waals surface area contributed by atoms with Crippen molar-refractivity contribution >= 4 is 28.5 Å². The molecular formula is C27H29N5O3. The Morgan fingerprint density at radius 1 is 1.03 bits per heavy atom. The van der Waals surface area contributed by atoms with Crippen molar-refractivity contribution in [2.75, 3.05) is 25.2 Å². The molecule has 1 atom stereocenters. The maximum atomic E-state index is 14.0. The summed E-state index contributed by atoms with van der Waals surface area (Å²) >= 11 is 0. The Hall–Kier alpha value is -4.04. The molecule has 2 amide bonds. The fourth-order valence-corrected chi connectivity index (χ4v) is 4.06. The molecule has 0 fully saturated rings. The third-order valence-corrected chi connectivity index (χ3v) is 5.83. The Morgan fingerprint density at radius 2 is 1.77 bits per heavy atom. The summed E-state index contributed by atoms with van der Waals surface area (Å²) in [6.45, 7) is 4.54. The standard InChI is InChI=1S/C27H29N5O3/c1-19-13-14-20(2)24(17-19)32(25(33)18-31-23-12-8-7-11-22(23)29-30-31)26(21-9-5-4-6-10-21)27(34)28-15-16-35-3/h4-14,17,26H,15-16,18H2,1-3H3,(H,28,34)/t26-/m0/s1. The number of methoxy groups -OCH3 is 1. The van der Waals surface area contributed by atoms with Gasteiger partial charge in [0.15, 0.2) is 0 Å². The summed E-state index contributed by atoms with van der Waals surface area (Å²) in [6.07, 6.45) is 0. The molecule has 1 N–H and O–H groups in total. The number of anilines is 1. The van der Waals surface area contributed by atoms with Crippen LogP contribution in [0.4, 0.5) is 5.69 Å². The summed E-state index contributed by atoms with van der Waals surface area (Å²) in [6, 6.07) is 21.8. The monoisotopic (exact) mass is 471 g/mol. The second kappa shape index (κ2) is 10.9. The first-order valence-electron chi connectivity index (χ1n) is 11.5. The third kappa shape index (κ3) is 5.38. The van der Waals surface area contributed by atoms with Crippen molar-refractivity contribution in [2.24, 2.45) is 0 Å². The Labute approximate surface area is 204 Å². The van der Waals surface area contributed by atoms with Gasteiger partial charge >= 0.3 is 0 Å². The molecule has 35 heavy (non-hydrogen) atoms. The van der Waals surface area contributed by atoms with E-state index in [-0.39, 0.29) is 18.4 Å². The van der Waals surface area contributed by atoms with E-state index in [0.717, 1.165) is 16.6 Å². The highest BCUT2D eigenvalue weighted by molar-refractivity contribution is 6.02. The number of para-hydroxylation sites is 1. The van der Waals surface area contributed by atoms with Crippen molar-refractivity contribution in [2.45, 2.75) is 26.4 Å². The lowest BCUT2D eigenvalue weighted by molar-refractivity contribution is -0.127. The van der Waals surface area contributed by atoms with Gasteiger partial charge in [0.2, 0.25) is 11.8 Å². The van der Waals surface area contributed by atoms with Crippen LogP contribution in [-0.4, -0.2) is 47.1 Å². The molecule has 3 aromatic carbocycles. The Morgan fingerprint density at radius 3 is 2.54 bits per heavy atom. The van der Waals surface area contributed by atoms with E-state index in [2.05, 4.69) is 15.6 Å². The van der Waals surface area contributed by atoms with E-state index in [1.165, 1.54) is 0 Å². The number of ether oxygens (including phenoxy) is 1. The molecule has 8 nitrogen and oxygen atoms in total. The number of carbonyl (C=O) groups excluding carboxylic acids is 2. The van der Waals surface area contributed by atoms with Crippen LogP contribution in [0.3, 0.4) is 0 Å². The number of benzene rings is 3. The van der Waals surface area contributed by atoms with E-state index in [0.29, 0.717) is 29.9 Å². The van der Waals surface area contributed by atoms with E-state index < -0.39 is 6.04 Å². The van der Waals surface area contributed by atoms with Crippen LogP contribution < -0.4 is 10.2 Å². The van der Waals surface area contributed by atoms with E-state index in [1.54, 1.807) is 16.7 Å². The molecular weight excluding hydrogens is 442 g/mol. The van der Waals surface area contributed by atoms with Gasteiger partial charge in [0, 0.05) is 19.3 Å². The average molecular weight is 472 g/mol. The lowest BCUT2D eigenvalue weighted by Gasteiger charge is -2.33. The highest BCUT2D eigenvalue weighted by Crippen LogP contribution is 2.32. The summed E-state index contributed by atoms with van der Waals surface area (Å²) < 4.78 is 6.67. The van der Waals surface area contributed by atoms with Crippen molar-refractivity contribution in [3.8, 4) is 0 Å². The normalized spacial score (nSPS) is 11.9. The van der Waals surface area contributed by atoms with E-state index >= 15 is 0 Å². The second-order valence-electron chi connectivity index (χ2n) is 8.39. The predicted molar refractivity (Wildman–Crippen MR) is 135 cm³/mol. The number of amides is 2. The third-order valence-electron chi connectivity index (χ3n) is 5.83. The fraction of sp³-hybridized carbons (Fsp3) is 0.259. The van der Waals surface area contributed by atoms with Crippen LogP contribution in [0.15, 0.2) is 72.8 Å². The van der Waals surface area contributed by atoms with Gasteiger partial charge in [-0.3, -0.25) is 14.5 Å². The van der Waals surface area contributed by atoms with Crippen molar-refractivity contribution in [3.05, 3.63) is 89.5 Å². The van der Waals surface area contributed by atoms with Gasteiger partial charge in [-0.15, -0.1) is 5.10 Å². The SMILES string of the molecule is COCCNC(=O)[C@H](c1ccccc1)N(C(=O)Cn1nnc2ccccc21)c1cc(C)ccc1C. The molecule has 1 aromatic heterocycles. The lowest BCUT2D eigenvalue weighted by Crippen LogP contribution is -2.46. The average Bonchev–Trinajstić information content (AvgIpc) is 3.27. The van der Waals surface area contributed by atoms with Crippen molar-refractivity contribution in [1.29, 1.82) is 0 Å². The number of hydrogen-bond acceptors (Lipinski definition) is 5. The van der Waals surface area contributed by atoms with Gasteiger partial charge in [0.25, 0.3) is 0 Å². The van der Waals surface area contributed by atoms with Crippen LogP contribution >= 0.6 is 0 Å². The largest absolute Gasteiger partial charge is 0.383 e. The number of nitrogens with one attached hydrogen (secondary N) is 1. The molecule has 0 aliphatic heterocycles. The fourth-order valence-electron chi connectivity index (χ4n) is 4.06. The number of hydrogen-bond donors (Lipinski definition) is 1. The summed E-state index contributed by atoms with van der Waals surface area (Å²) in [5, 5.41) is 11.3. The molecule has 0 radical (unpaired) electrons. The number of nitrogens with zero attached hydrogens (tertiary/aromatic N) is 4. The van der Waals surface area contributed by atoms with Gasteiger partial charge in [-0.1, -0.05) is 59.8 Å². The topological polar surface area (TPSA) is 89.4 Å². The Bertz CT molecular complexity index is 1320. The maximum absolute atomic E-state index is 14.0. The number of aromatic nitrogens is 3. The van der Waals surface area contributed by atoms with Crippen LogP contribution in [-0.2, 0) is 20.9 Å². The minimum absolute atomic E-state index is 0.0669. The minimum atomic E-state index is -0.879. The first-order chi connectivity index (χ1) is 17.0. The quantitative estimate of drug-likeness (QED) is 0.377. The zero-order valence-corrected chi connectivity index (χ0v) is 20.1. The molecule has 8 heteroatoms. The Kier molecular flexibility index (Phi) is 7.52. The van der Waals surface area contributed by atoms with Crippen LogP contribution in [0.2, 0.25) is 0 Å². The zero-order chi connectivity index (χ0) is 24.8. The molecule has 1 heterocycles. The molecule has 4 rings (SSSR count). The number of fused-ring (bicyclic) bond motifs is 1. The summed E-state index contributed by atoms with van der Waals surface area (Å²) in [7, 11) is 1.58. The van der Waals surface area contributed by atoms with E-state index in [4.69, 9.17) is 4.74 Å². The second-order valence-corrected chi connectivity index (χ2v) is 8.39. The van der Waals surface area contributed by atoms with Gasteiger partial charge in [-0.25, -0.2) is 4.68 Å². The number of carbonyl (C=O) groups is 2. The molecule has 0 saturated carbocycles. The number of aryl methyl sites for hydroxylation is 2. The summed E-state index contributed by atoms with van der Waals surface area (Å²) in [4.78, 5) is 29.1. The molecule has 0 saturated heterocycles. The first kappa shape index (κ1) is 24.1. The minimum Gasteiger partial charge on any atom is -0.383 e. The zero-order valence-electron chi connectivity index (χ0n) is 20.1. The van der Waals surface area contributed by atoms with Gasteiger partial charge in [-0.05, 0) is 48.7 Å². The number of rotatable bonds is 9. The smallest absolute Gasteiger partial charge is 0.249 e. The highest BCUT2D eigenvalue weighted by atomic mass is 16.5. The van der Waals surface area contributed by atoms with E-state index in [9.17, 15) is 9.59 Å². The maximum Gasteiger partial charge on any atom is 0.249 e. The summed E-state index contributed by atoms with van der Waals surface area (Å²) in [5.41, 5.74) is 4.72. The van der Waals surface area contributed by atoms with Crippen LogP contribution in [0.5, 0.6) is 0 Å². The Balaban J connectivity index is 1.80. The molecule has 0 spiro atoms. The molecule has 0 aliphatic rings. The first-order valence-corrected chi connectivity index (χ1v) is 11.5. The van der Waals surface area contributed by atoms with Crippen LogP contribution in [0.1, 0.15) is 22.7 Å².